The largest absolute Gasteiger partial charge is 0.380 e. The Morgan fingerprint density at radius 3 is 3.00 bits per heavy atom. The van der Waals surface area contributed by atoms with Gasteiger partial charge in [0.05, 0.1) is 16.3 Å². The zero-order valence-electron chi connectivity index (χ0n) is 9.53. The van der Waals surface area contributed by atoms with Gasteiger partial charge in [0.15, 0.2) is 9.84 Å². The van der Waals surface area contributed by atoms with Gasteiger partial charge in [-0.15, -0.1) is 0 Å². The van der Waals surface area contributed by atoms with Gasteiger partial charge in [0.25, 0.3) is 0 Å². The average Bonchev–Trinajstić information content (AvgIpc) is 2.24. The second-order valence-corrected chi connectivity index (χ2v) is 7.07. The highest BCUT2D eigenvalue weighted by atomic mass is 79.9. The van der Waals surface area contributed by atoms with Crippen molar-refractivity contribution in [3.8, 4) is 0 Å². The van der Waals surface area contributed by atoms with Crippen LogP contribution in [0.4, 0.5) is 5.69 Å². The maximum atomic E-state index is 12.1. The predicted molar refractivity (Wildman–Crippen MR) is 72.1 cm³/mol. The number of halogens is 1. The molecule has 2 rings (SSSR count). The van der Waals surface area contributed by atoms with Crippen molar-refractivity contribution in [2.45, 2.75) is 17.4 Å². The Kier molecular flexibility index (Phi) is 3.75. The number of rotatable bonds is 3. The van der Waals surface area contributed by atoms with Crippen LogP contribution >= 0.6 is 15.9 Å². The van der Waals surface area contributed by atoms with Crippen molar-refractivity contribution in [2.24, 2.45) is 0 Å². The Balaban J connectivity index is 2.32. The molecule has 0 bridgehead atoms. The number of sulfone groups is 1. The molecular formula is C11H15BrN2O2S. The van der Waals surface area contributed by atoms with Crippen LogP contribution in [0.5, 0.6) is 0 Å². The number of hydrogen-bond donors (Lipinski definition) is 2. The molecule has 0 saturated heterocycles. The molecule has 1 heterocycles. The standard InChI is InChI=1S/C11H15BrN2O2S/c1-13-5-4-9-7-17(15,16)11-3-2-8(12)6-10(11)14-9/h2-3,6,9,13-14H,4-5,7H2,1H3. The van der Waals surface area contributed by atoms with Crippen LogP contribution in [-0.4, -0.2) is 33.8 Å². The predicted octanol–water partition coefficient (Wildman–Crippen LogP) is 1.63. The molecule has 1 aliphatic rings. The van der Waals surface area contributed by atoms with Crippen LogP contribution in [-0.2, 0) is 9.84 Å². The Morgan fingerprint density at radius 1 is 1.53 bits per heavy atom. The van der Waals surface area contributed by atoms with E-state index in [1.807, 2.05) is 13.1 Å². The van der Waals surface area contributed by atoms with Crippen LogP contribution < -0.4 is 10.6 Å². The molecule has 1 unspecified atom stereocenters. The molecule has 1 aromatic rings. The smallest absolute Gasteiger partial charge is 0.182 e. The monoisotopic (exact) mass is 318 g/mol. The van der Waals surface area contributed by atoms with Crippen molar-refractivity contribution in [3.63, 3.8) is 0 Å². The first-order chi connectivity index (χ1) is 8.03. The first-order valence-electron chi connectivity index (χ1n) is 5.46. The van der Waals surface area contributed by atoms with Gasteiger partial charge in [-0.1, -0.05) is 15.9 Å². The molecule has 94 valence electrons. The van der Waals surface area contributed by atoms with Gasteiger partial charge in [0, 0.05) is 10.5 Å². The van der Waals surface area contributed by atoms with Gasteiger partial charge >= 0.3 is 0 Å². The fraction of sp³-hybridized carbons (Fsp3) is 0.455. The Morgan fingerprint density at radius 2 is 2.29 bits per heavy atom. The Labute approximate surface area is 110 Å². The van der Waals surface area contributed by atoms with Gasteiger partial charge in [-0.3, -0.25) is 0 Å². The number of nitrogens with one attached hydrogen (secondary N) is 2. The molecule has 0 spiro atoms. The van der Waals surface area contributed by atoms with Gasteiger partial charge in [0.1, 0.15) is 0 Å². The normalized spacial score (nSPS) is 21.6. The molecule has 1 aliphatic heterocycles. The van der Waals surface area contributed by atoms with E-state index >= 15 is 0 Å². The highest BCUT2D eigenvalue weighted by molar-refractivity contribution is 9.10. The zero-order chi connectivity index (χ0) is 12.5. The van der Waals surface area contributed by atoms with Gasteiger partial charge in [-0.05, 0) is 38.2 Å². The summed E-state index contributed by atoms with van der Waals surface area (Å²) in [5.74, 6) is 0.170. The highest BCUT2D eigenvalue weighted by Crippen LogP contribution is 2.31. The lowest BCUT2D eigenvalue weighted by Crippen LogP contribution is -2.36. The summed E-state index contributed by atoms with van der Waals surface area (Å²) in [4.78, 5) is 0.404. The summed E-state index contributed by atoms with van der Waals surface area (Å²) in [7, 11) is -1.29. The third-order valence-corrected chi connectivity index (χ3v) is 5.16. The molecule has 0 radical (unpaired) electrons. The summed E-state index contributed by atoms with van der Waals surface area (Å²) >= 11 is 3.35. The van der Waals surface area contributed by atoms with E-state index in [4.69, 9.17) is 0 Å². The van der Waals surface area contributed by atoms with Gasteiger partial charge in [-0.2, -0.15) is 0 Å². The summed E-state index contributed by atoms with van der Waals surface area (Å²) in [6, 6.07) is 5.20. The van der Waals surface area contributed by atoms with Crippen LogP contribution in [0.25, 0.3) is 0 Å². The summed E-state index contributed by atoms with van der Waals surface area (Å²) in [6.45, 7) is 0.802. The molecule has 1 aromatic carbocycles. The van der Waals surface area contributed by atoms with E-state index in [9.17, 15) is 8.42 Å². The van der Waals surface area contributed by atoms with Crippen molar-refractivity contribution in [3.05, 3.63) is 22.7 Å². The number of fused-ring (bicyclic) bond motifs is 1. The summed E-state index contributed by atoms with van der Waals surface area (Å²) in [5.41, 5.74) is 0.701. The average molecular weight is 319 g/mol. The van der Waals surface area contributed by atoms with Crippen LogP contribution in [0.2, 0.25) is 0 Å². The molecule has 17 heavy (non-hydrogen) atoms. The summed E-state index contributed by atoms with van der Waals surface area (Å²) in [5, 5.41) is 6.31. The number of hydrogen-bond acceptors (Lipinski definition) is 4. The molecule has 6 heteroatoms. The SMILES string of the molecule is CNCCC1CS(=O)(=O)c2ccc(Br)cc2N1. The van der Waals surface area contributed by atoms with Crippen molar-refractivity contribution in [2.75, 3.05) is 24.7 Å². The molecule has 1 atom stereocenters. The molecule has 0 aromatic heterocycles. The number of anilines is 1. The first-order valence-corrected chi connectivity index (χ1v) is 7.91. The van der Waals surface area contributed by atoms with Crippen LogP contribution in [0.3, 0.4) is 0 Å². The Bertz CT molecular complexity index is 516. The molecular weight excluding hydrogens is 304 g/mol. The second kappa shape index (κ2) is 4.96. The van der Waals surface area contributed by atoms with E-state index in [-0.39, 0.29) is 11.8 Å². The minimum Gasteiger partial charge on any atom is -0.380 e. The van der Waals surface area contributed by atoms with E-state index in [1.165, 1.54) is 0 Å². The quantitative estimate of drug-likeness (QED) is 0.889. The maximum absolute atomic E-state index is 12.1. The highest BCUT2D eigenvalue weighted by Gasteiger charge is 2.29. The second-order valence-electron chi connectivity index (χ2n) is 4.16. The molecule has 0 saturated carbocycles. The van der Waals surface area contributed by atoms with Crippen LogP contribution in [0, 0.1) is 0 Å². The third kappa shape index (κ3) is 2.81. The third-order valence-electron chi connectivity index (χ3n) is 2.80. The van der Waals surface area contributed by atoms with Gasteiger partial charge in [-0.25, -0.2) is 8.42 Å². The van der Waals surface area contributed by atoms with E-state index < -0.39 is 9.84 Å². The van der Waals surface area contributed by atoms with E-state index in [0.29, 0.717) is 10.6 Å². The van der Waals surface area contributed by atoms with Crippen LogP contribution in [0.1, 0.15) is 6.42 Å². The maximum Gasteiger partial charge on any atom is 0.182 e. The van der Waals surface area contributed by atoms with E-state index in [1.54, 1.807) is 12.1 Å². The van der Waals surface area contributed by atoms with E-state index in [2.05, 4.69) is 26.6 Å². The van der Waals surface area contributed by atoms with Crippen LogP contribution in [0.15, 0.2) is 27.6 Å². The first kappa shape index (κ1) is 12.9. The Hall–Kier alpha value is -0.590. The van der Waals surface area contributed by atoms with Gasteiger partial charge < -0.3 is 10.6 Å². The minimum atomic E-state index is -3.15. The fourth-order valence-electron chi connectivity index (χ4n) is 1.98. The summed E-state index contributed by atoms with van der Waals surface area (Å²) in [6.07, 6.45) is 0.793. The molecule has 4 nitrogen and oxygen atoms in total. The van der Waals surface area contributed by atoms with Crippen molar-refractivity contribution < 1.29 is 8.42 Å². The lowest BCUT2D eigenvalue weighted by molar-refractivity contribution is 0.575. The lowest BCUT2D eigenvalue weighted by Gasteiger charge is -2.27. The van der Waals surface area contributed by atoms with Crippen molar-refractivity contribution in [1.29, 1.82) is 0 Å². The zero-order valence-corrected chi connectivity index (χ0v) is 11.9. The van der Waals surface area contributed by atoms with Gasteiger partial charge in [0.2, 0.25) is 0 Å². The topological polar surface area (TPSA) is 58.2 Å². The van der Waals surface area contributed by atoms with E-state index in [0.717, 1.165) is 17.4 Å². The van der Waals surface area contributed by atoms with Crippen molar-refractivity contribution in [1.82, 2.24) is 5.32 Å². The fourth-order valence-corrected chi connectivity index (χ4v) is 4.03. The molecule has 0 aliphatic carbocycles. The molecule has 0 amide bonds. The molecule has 2 N–H and O–H groups in total. The number of benzene rings is 1. The minimum absolute atomic E-state index is 0.0192. The van der Waals surface area contributed by atoms with Crippen molar-refractivity contribution >= 4 is 31.5 Å². The summed E-state index contributed by atoms with van der Waals surface area (Å²) < 4.78 is 25.0. The molecule has 0 fully saturated rings. The lowest BCUT2D eigenvalue weighted by atomic mass is 10.2.